The predicted octanol–water partition coefficient (Wildman–Crippen LogP) is 2.32. The summed E-state index contributed by atoms with van der Waals surface area (Å²) < 4.78 is 5.48. The number of likely N-dealkylation sites (tertiary alicyclic amines) is 1. The number of halogens is 2. The predicted molar refractivity (Wildman–Crippen MR) is 75.7 cm³/mol. The number of carbonyl (C=O) groups is 1. The largest absolute Gasteiger partial charge is 0.493 e. The average Bonchev–Trinajstić information content (AvgIpc) is 2.74. The van der Waals surface area contributed by atoms with Gasteiger partial charge in [0, 0.05) is 29.2 Å². The molecule has 1 amide bonds. The van der Waals surface area contributed by atoms with Crippen LogP contribution in [0.3, 0.4) is 0 Å². The third-order valence-corrected chi connectivity index (χ3v) is 3.43. The highest BCUT2D eigenvalue weighted by atomic mass is 35.5. The molecule has 2 N–H and O–H groups in total. The first-order chi connectivity index (χ1) is 9.04. The molecule has 1 fully saturated rings. The molecule has 0 aromatic heterocycles. The van der Waals surface area contributed by atoms with E-state index in [4.69, 9.17) is 33.7 Å². The maximum absolute atomic E-state index is 11.9. The van der Waals surface area contributed by atoms with Crippen LogP contribution in [0.25, 0.3) is 0 Å². The second-order valence-corrected chi connectivity index (χ2v) is 5.46. The highest BCUT2D eigenvalue weighted by Crippen LogP contribution is 2.24. The minimum absolute atomic E-state index is 0.0704. The Hall–Kier alpha value is -0.970. The molecular weight excluding hydrogens is 287 g/mol. The van der Waals surface area contributed by atoms with E-state index in [1.165, 1.54) is 0 Å². The fourth-order valence-corrected chi connectivity index (χ4v) is 2.55. The van der Waals surface area contributed by atoms with Gasteiger partial charge < -0.3 is 15.4 Å². The number of ether oxygens (including phenoxy) is 1. The standard InChI is InChI=1S/C13H16Cl2N2O2/c14-9-5-10(15)7-12(6-9)19-4-2-13(18)17-3-1-11(16)8-17/h5-7,11H,1-4,8,16H2/t11-/m1/s1. The van der Waals surface area contributed by atoms with Crippen molar-refractivity contribution in [2.75, 3.05) is 19.7 Å². The van der Waals surface area contributed by atoms with Gasteiger partial charge in [-0.15, -0.1) is 0 Å². The highest BCUT2D eigenvalue weighted by molar-refractivity contribution is 6.34. The van der Waals surface area contributed by atoms with Gasteiger partial charge in [-0.3, -0.25) is 4.79 Å². The van der Waals surface area contributed by atoms with Crippen LogP contribution in [0.15, 0.2) is 18.2 Å². The Balaban J connectivity index is 1.78. The molecule has 1 aliphatic heterocycles. The summed E-state index contributed by atoms with van der Waals surface area (Å²) in [4.78, 5) is 13.6. The number of rotatable bonds is 4. The maximum Gasteiger partial charge on any atom is 0.226 e. The molecule has 0 radical (unpaired) electrons. The summed E-state index contributed by atoms with van der Waals surface area (Å²) in [5.74, 6) is 0.643. The summed E-state index contributed by atoms with van der Waals surface area (Å²) in [6.45, 7) is 1.69. The summed E-state index contributed by atoms with van der Waals surface area (Å²) in [6.07, 6.45) is 1.20. The first-order valence-corrected chi connectivity index (χ1v) is 6.92. The van der Waals surface area contributed by atoms with E-state index in [1.807, 2.05) is 0 Å². The van der Waals surface area contributed by atoms with Crippen molar-refractivity contribution in [3.8, 4) is 5.75 Å². The third kappa shape index (κ3) is 4.27. The van der Waals surface area contributed by atoms with Crippen LogP contribution in [0.2, 0.25) is 10.0 Å². The minimum Gasteiger partial charge on any atom is -0.493 e. The Kier molecular flexibility index (Phi) is 4.91. The van der Waals surface area contributed by atoms with E-state index in [0.717, 1.165) is 13.0 Å². The molecule has 4 nitrogen and oxygen atoms in total. The molecule has 1 aromatic rings. The number of amides is 1. The van der Waals surface area contributed by atoms with E-state index < -0.39 is 0 Å². The van der Waals surface area contributed by atoms with E-state index >= 15 is 0 Å². The fraction of sp³-hybridized carbons (Fsp3) is 0.462. The van der Waals surface area contributed by atoms with Crippen molar-refractivity contribution in [1.82, 2.24) is 4.90 Å². The van der Waals surface area contributed by atoms with E-state index in [-0.39, 0.29) is 11.9 Å². The summed E-state index contributed by atoms with van der Waals surface area (Å²) in [5, 5.41) is 1.03. The van der Waals surface area contributed by atoms with Gasteiger partial charge in [0.25, 0.3) is 0 Å². The summed E-state index contributed by atoms with van der Waals surface area (Å²) in [6, 6.07) is 5.08. The van der Waals surface area contributed by atoms with Gasteiger partial charge >= 0.3 is 0 Å². The van der Waals surface area contributed by atoms with Crippen molar-refractivity contribution in [3.05, 3.63) is 28.2 Å². The lowest BCUT2D eigenvalue weighted by Crippen LogP contribution is -2.32. The van der Waals surface area contributed by atoms with Crippen LogP contribution in [0.5, 0.6) is 5.75 Å². The molecule has 2 rings (SSSR count). The van der Waals surface area contributed by atoms with Crippen molar-refractivity contribution in [3.63, 3.8) is 0 Å². The van der Waals surface area contributed by atoms with Crippen molar-refractivity contribution >= 4 is 29.1 Å². The Morgan fingerprint density at radius 3 is 2.63 bits per heavy atom. The first-order valence-electron chi connectivity index (χ1n) is 6.17. The van der Waals surface area contributed by atoms with E-state index in [0.29, 0.717) is 35.4 Å². The molecule has 1 atom stereocenters. The second kappa shape index (κ2) is 6.46. The SMILES string of the molecule is N[C@@H]1CCN(C(=O)CCOc2cc(Cl)cc(Cl)c2)C1. The molecule has 0 aliphatic carbocycles. The topological polar surface area (TPSA) is 55.6 Å². The summed E-state index contributed by atoms with van der Waals surface area (Å²) in [5.41, 5.74) is 5.76. The van der Waals surface area contributed by atoms with E-state index in [2.05, 4.69) is 0 Å². The molecule has 1 aliphatic rings. The van der Waals surface area contributed by atoms with Crippen molar-refractivity contribution in [2.24, 2.45) is 5.73 Å². The molecular formula is C13H16Cl2N2O2. The van der Waals surface area contributed by atoms with Crippen molar-refractivity contribution in [1.29, 1.82) is 0 Å². The van der Waals surface area contributed by atoms with Gasteiger partial charge in [-0.05, 0) is 24.6 Å². The Morgan fingerprint density at radius 2 is 2.05 bits per heavy atom. The molecule has 0 spiro atoms. The van der Waals surface area contributed by atoms with Crippen LogP contribution in [-0.4, -0.2) is 36.5 Å². The van der Waals surface area contributed by atoms with Crippen LogP contribution in [0.1, 0.15) is 12.8 Å². The summed E-state index contributed by atoms with van der Waals surface area (Å²) in [7, 11) is 0. The van der Waals surface area contributed by atoms with Gasteiger partial charge in [-0.1, -0.05) is 23.2 Å². The third-order valence-electron chi connectivity index (χ3n) is 3.00. The number of hydrogen-bond donors (Lipinski definition) is 1. The minimum atomic E-state index is 0.0704. The number of nitrogens with zero attached hydrogens (tertiary/aromatic N) is 1. The maximum atomic E-state index is 11.9. The zero-order valence-electron chi connectivity index (χ0n) is 10.4. The van der Waals surface area contributed by atoms with Gasteiger partial charge in [0.15, 0.2) is 0 Å². The number of benzene rings is 1. The molecule has 0 unspecified atom stereocenters. The lowest BCUT2D eigenvalue weighted by Gasteiger charge is -2.15. The molecule has 6 heteroatoms. The normalized spacial score (nSPS) is 18.7. The quantitative estimate of drug-likeness (QED) is 0.928. The zero-order chi connectivity index (χ0) is 13.8. The lowest BCUT2D eigenvalue weighted by atomic mass is 10.3. The van der Waals surface area contributed by atoms with Crippen LogP contribution < -0.4 is 10.5 Å². The first kappa shape index (κ1) is 14.4. The molecule has 1 saturated heterocycles. The number of nitrogens with two attached hydrogens (primary N) is 1. The van der Waals surface area contributed by atoms with E-state index in [9.17, 15) is 4.79 Å². The van der Waals surface area contributed by atoms with Crippen molar-refractivity contribution < 1.29 is 9.53 Å². The summed E-state index contributed by atoms with van der Waals surface area (Å²) >= 11 is 11.7. The van der Waals surface area contributed by atoms with E-state index in [1.54, 1.807) is 23.1 Å². The lowest BCUT2D eigenvalue weighted by molar-refractivity contribution is -0.130. The van der Waals surface area contributed by atoms with Gasteiger partial charge in [0.05, 0.1) is 13.0 Å². The van der Waals surface area contributed by atoms with Gasteiger partial charge in [-0.25, -0.2) is 0 Å². The number of hydrogen-bond acceptors (Lipinski definition) is 3. The molecule has 19 heavy (non-hydrogen) atoms. The Labute approximate surface area is 122 Å². The molecule has 0 bridgehead atoms. The van der Waals surface area contributed by atoms with Crippen molar-refractivity contribution in [2.45, 2.75) is 18.9 Å². The molecule has 0 saturated carbocycles. The molecule has 1 aromatic carbocycles. The second-order valence-electron chi connectivity index (χ2n) is 4.59. The fourth-order valence-electron chi connectivity index (χ4n) is 2.04. The van der Waals surface area contributed by atoms with Crippen LogP contribution in [0.4, 0.5) is 0 Å². The smallest absolute Gasteiger partial charge is 0.226 e. The van der Waals surface area contributed by atoms with Gasteiger partial charge in [0.2, 0.25) is 5.91 Å². The van der Waals surface area contributed by atoms with Crippen LogP contribution in [-0.2, 0) is 4.79 Å². The van der Waals surface area contributed by atoms with Gasteiger partial charge in [-0.2, -0.15) is 0 Å². The molecule has 104 valence electrons. The highest BCUT2D eigenvalue weighted by Gasteiger charge is 2.23. The van der Waals surface area contributed by atoms with Crippen LogP contribution in [0, 0.1) is 0 Å². The monoisotopic (exact) mass is 302 g/mol. The average molecular weight is 303 g/mol. The Bertz CT molecular complexity index is 448. The Morgan fingerprint density at radius 1 is 1.37 bits per heavy atom. The zero-order valence-corrected chi connectivity index (χ0v) is 12.0. The van der Waals surface area contributed by atoms with Gasteiger partial charge in [0.1, 0.15) is 5.75 Å². The number of carbonyl (C=O) groups excluding carboxylic acids is 1. The van der Waals surface area contributed by atoms with Crippen LogP contribution >= 0.6 is 23.2 Å². The molecule has 1 heterocycles.